The highest BCUT2D eigenvalue weighted by Gasteiger charge is 2.38. The Labute approximate surface area is 195 Å². The molecule has 0 radical (unpaired) electrons. The van der Waals surface area contributed by atoms with E-state index in [1.54, 1.807) is 12.1 Å². The number of rotatable bonds is 10. The van der Waals surface area contributed by atoms with Gasteiger partial charge in [-0.3, -0.25) is 19.4 Å². The van der Waals surface area contributed by atoms with Crippen LogP contribution in [0.15, 0.2) is 54.6 Å². The molecule has 33 heavy (non-hydrogen) atoms. The first-order chi connectivity index (χ1) is 16.1. The van der Waals surface area contributed by atoms with Crippen LogP contribution in [0.1, 0.15) is 36.8 Å². The zero-order chi connectivity index (χ0) is 23.0. The van der Waals surface area contributed by atoms with E-state index in [4.69, 9.17) is 10.5 Å². The molecule has 0 unspecified atom stereocenters. The number of carbonyl (C=O) groups is 2. The van der Waals surface area contributed by atoms with Gasteiger partial charge in [0, 0.05) is 25.2 Å². The predicted molar refractivity (Wildman–Crippen MR) is 127 cm³/mol. The minimum atomic E-state index is -0.507. The molecular formula is C26H34N4O3. The lowest BCUT2D eigenvalue weighted by Crippen LogP contribution is -2.48. The summed E-state index contributed by atoms with van der Waals surface area (Å²) >= 11 is 0. The third kappa shape index (κ3) is 6.55. The summed E-state index contributed by atoms with van der Waals surface area (Å²) in [5, 5.41) is 3.05. The Morgan fingerprint density at radius 2 is 1.58 bits per heavy atom. The summed E-state index contributed by atoms with van der Waals surface area (Å²) in [5.41, 5.74) is 7.43. The normalized spacial score (nSPS) is 21.2. The third-order valence-corrected chi connectivity index (χ3v) is 6.64. The van der Waals surface area contributed by atoms with Crippen molar-refractivity contribution in [1.29, 1.82) is 0 Å². The zero-order valence-electron chi connectivity index (χ0n) is 19.1. The van der Waals surface area contributed by atoms with Gasteiger partial charge in [0.05, 0.1) is 6.54 Å². The molecule has 2 aliphatic rings. The average molecular weight is 451 g/mol. The fourth-order valence-electron chi connectivity index (χ4n) is 5.08. The fourth-order valence-corrected chi connectivity index (χ4v) is 5.08. The van der Waals surface area contributed by atoms with Crippen LogP contribution in [0.25, 0.3) is 0 Å². The molecule has 2 aromatic carbocycles. The summed E-state index contributed by atoms with van der Waals surface area (Å²) < 4.78 is 5.27. The maximum Gasteiger partial charge on any atom is 0.255 e. The van der Waals surface area contributed by atoms with Gasteiger partial charge in [-0.2, -0.15) is 0 Å². The molecular weight excluding hydrogens is 416 g/mol. The van der Waals surface area contributed by atoms with Crippen molar-refractivity contribution in [2.45, 2.75) is 50.9 Å². The minimum absolute atomic E-state index is 0.0589. The lowest BCUT2D eigenvalue weighted by molar-refractivity contribution is -0.123. The molecule has 2 atom stereocenters. The number of ether oxygens (including phenoxy) is 1. The van der Waals surface area contributed by atoms with E-state index in [0.717, 1.165) is 38.0 Å². The number of nitrogens with zero attached hydrogens (tertiary/aromatic N) is 2. The van der Waals surface area contributed by atoms with Crippen LogP contribution in [-0.2, 0) is 22.7 Å². The Morgan fingerprint density at radius 1 is 0.909 bits per heavy atom. The Kier molecular flexibility index (Phi) is 7.96. The summed E-state index contributed by atoms with van der Waals surface area (Å²) in [5.74, 6) is 0.135. The highest BCUT2D eigenvalue weighted by molar-refractivity contribution is 5.78. The second kappa shape index (κ2) is 11.3. The smallest absolute Gasteiger partial charge is 0.255 e. The first kappa shape index (κ1) is 23.3. The van der Waals surface area contributed by atoms with Crippen LogP contribution in [0.3, 0.4) is 0 Å². The molecule has 4 rings (SSSR count). The molecule has 0 aliphatic carbocycles. The van der Waals surface area contributed by atoms with Gasteiger partial charge in [-0.15, -0.1) is 0 Å². The van der Waals surface area contributed by atoms with E-state index in [9.17, 15) is 9.59 Å². The van der Waals surface area contributed by atoms with Crippen molar-refractivity contribution < 1.29 is 14.3 Å². The Bertz CT molecular complexity index is 919. The number of amides is 2. The van der Waals surface area contributed by atoms with Crippen molar-refractivity contribution in [2.75, 3.05) is 26.2 Å². The third-order valence-electron chi connectivity index (χ3n) is 6.64. The van der Waals surface area contributed by atoms with Crippen molar-refractivity contribution in [3.05, 3.63) is 65.7 Å². The standard InChI is InChI=1S/C26H34N4O3/c27-25(31)19-33-22-12-10-20(11-13-22)16-28-26(32)18-30-15-5-9-24(30)23-8-4-14-29(23)17-21-6-2-1-3-7-21/h1-3,6-7,10-13,23-24H,4-5,8-9,14-19H2,(H2,27,31)(H,28,32)/t23-,24+/m0/s1. The molecule has 2 saturated heterocycles. The first-order valence-corrected chi connectivity index (χ1v) is 11.9. The molecule has 7 nitrogen and oxygen atoms in total. The highest BCUT2D eigenvalue weighted by atomic mass is 16.5. The van der Waals surface area contributed by atoms with Crippen LogP contribution in [-0.4, -0.2) is 59.9 Å². The van der Waals surface area contributed by atoms with Gasteiger partial charge in [-0.25, -0.2) is 0 Å². The zero-order valence-corrected chi connectivity index (χ0v) is 19.1. The molecule has 176 valence electrons. The number of hydrogen-bond donors (Lipinski definition) is 2. The van der Waals surface area contributed by atoms with Crippen LogP contribution >= 0.6 is 0 Å². The fraction of sp³-hybridized carbons (Fsp3) is 0.462. The van der Waals surface area contributed by atoms with Crippen molar-refractivity contribution in [3.8, 4) is 5.75 Å². The number of nitrogens with one attached hydrogen (secondary N) is 1. The molecule has 0 spiro atoms. The second-order valence-corrected chi connectivity index (χ2v) is 9.02. The minimum Gasteiger partial charge on any atom is -0.484 e. The van der Waals surface area contributed by atoms with Crippen LogP contribution in [0.5, 0.6) is 5.75 Å². The number of hydrogen-bond acceptors (Lipinski definition) is 5. The summed E-state index contributed by atoms with van der Waals surface area (Å²) in [6.07, 6.45) is 4.75. The van der Waals surface area contributed by atoms with E-state index in [1.807, 2.05) is 12.1 Å². The van der Waals surface area contributed by atoms with Crippen LogP contribution < -0.4 is 15.8 Å². The number of nitrogens with two attached hydrogens (primary N) is 1. The van der Waals surface area contributed by atoms with Gasteiger partial charge >= 0.3 is 0 Å². The summed E-state index contributed by atoms with van der Waals surface area (Å²) in [7, 11) is 0. The van der Waals surface area contributed by atoms with Crippen molar-refractivity contribution >= 4 is 11.8 Å². The number of carbonyl (C=O) groups excluding carboxylic acids is 2. The predicted octanol–water partition coefficient (Wildman–Crippen LogP) is 2.30. The number of benzene rings is 2. The molecule has 2 amide bonds. The molecule has 0 saturated carbocycles. The van der Waals surface area contributed by atoms with Crippen LogP contribution in [0.4, 0.5) is 0 Å². The van der Waals surface area contributed by atoms with E-state index < -0.39 is 5.91 Å². The second-order valence-electron chi connectivity index (χ2n) is 9.02. The van der Waals surface area contributed by atoms with Gasteiger partial charge in [-0.1, -0.05) is 42.5 Å². The van der Waals surface area contributed by atoms with Crippen molar-refractivity contribution in [2.24, 2.45) is 5.73 Å². The molecule has 0 bridgehead atoms. The van der Waals surface area contributed by atoms with Crippen molar-refractivity contribution in [1.82, 2.24) is 15.1 Å². The van der Waals surface area contributed by atoms with Crippen molar-refractivity contribution in [3.63, 3.8) is 0 Å². The monoisotopic (exact) mass is 450 g/mol. The van der Waals surface area contributed by atoms with Gasteiger partial charge in [0.1, 0.15) is 5.75 Å². The van der Waals surface area contributed by atoms with E-state index >= 15 is 0 Å². The van der Waals surface area contributed by atoms with Gasteiger partial charge < -0.3 is 15.8 Å². The van der Waals surface area contributed by atoms with Gasteiger partial charge in [0.15, 0.2) is 6.61 Å². The molecule has 2 aromatic rings. The molecule has 2 aliphatic heterocycles. The molecule has 7 heteroatoms. The quantitative estimate of drug-likeness (QED) is 0.580. The largest absolute Gasteiger partial charge is 0.484 e. The molecule has 0 aromatic heterocycles. The molecule has 2 heterocycles. The van der Waals surface area contributed by atoms with Crippen LogP contribution in [0, 0.1) is 0 Å². The number of primary amides is 1. The van der Waals surface area contributed by atoms with Crippen LogP contribution in [0.2, 0.25) is 0 Å². The maximum atomic E-state index is 12.7. The number of likely N-dealkylation sites (tertiary alicyclic amines) is 2. The van der Waals surface area contributed by atoms with Gasteiger partial charge in [0.2, 0.25) is 5.91 Å². The average Bonchev–Trinajstić information content (AvgIpc) is 3.46. The Morgan fingerprint density at radius 3 is 2.27 bits per heavy atom. The van der Waals surface area contributed by atoms with Gasteiger partial charge in [-0.05, 0) is 62.0 Å². The molecule has 3 N–H and O–H groups in total. The Hall–Kier alpha value is -2.90. The van der Waals surface area contributed by atoms with E-state index in [0.29, 0.717) is 30.9 Å². The van der Waals surface area contributed by atoms with Gasteiger partial charge in [0.25, 0.3) is 5.91 Å². The highest BCUT2D eigenvalue weighted by Crippen LogP contribution is 2.30. The lowest BCUT2D eigenvalue weighted by atomic mass is 10.0. The molecule has 2 fully saturated rings. The Balaban J connectivity index is 1.26. The lowest BCUT2D eigenvalue weighted by Gasteiger charge is -2.34. The first-order valence-electron chi connectivity index (χ1n) is 11.9. The topological polar surface area (TPSA) is 87.9 Å². The SMILES string of the molecule is NC(=O)COc1ccc(CNC(=O)CN2CCC[C@@H]2[C@@H]2CCCN2Cc2ccccc2)cc1. The summed E-state index contributed by atoms with van der Waals surface area (Å²) in [4.78, 5) is 28.5. The van der Waals surface area contributed by atoms with E-state index in [2.05, 4.69) is 45.4 Å². The maximum absolute atomic E-state index is 12.7. The summed E-state index contributed by atoms with van der Waals surface area (Å²) in [6.45, 7) is 3.88. The summed E-state index contributed by atoms with van der Waals surface area (Å²) in [6, 6.07) is 19.0. The van der Waals surface area contributed by atoms with E-state index in [-0.39, 0.29) is 12.5 Å². The van der Waals surface area contributed by atoms with E-state index in [1.165, 1.54) is 18.4 Å².